The predicted octanol–water partition coefficient (Wildman–Crippen LogP) is 1.25. The third-order valence-corrected chi connectivity index (χ3v) is 9.19. The monoisotopic (exact) mass is 388 g/mol. The second-order valence-electron chi connectivity index (χ2n) is 8.76. The number of benzene rings is 1. The third kappa shape index (κ3) is 1.83. The third-order valence-electron chi connectivity index (χ3n) is 7.31. The number of likely N-dealkylation sites (tertiary alicyclic amines) is 1. The van der Waals surface area contributed by atoms with Gasteiger partial charge < -0.3 is 9.64 Å². The molecule has 4 fully saturated rings. The number of hydrogen-bond acceptors (Lipinski definition) is 5. The first-order valence-electron chi connectivity index (χ1n) is 9.47. The summed E-state index contributed by atoms with van der Waals surface area (Å²) in [6, 6.07) is 4.26. The quantitative estimate of drug-likeness (QED) is 0.761. The van der Waals surface area contributed by atoms with Crippen LogP contribution in [0.2, 0.25) is 0 Å². The van der Waals surface area contributed by atoms with Crippen LogP contribution < -0.4 is 0 Å². The molecular formula is C19H20N2O5S. The van der Waals surface area contributed by atoms with E-state index in [2.05, 4.69) is 0 Å². The molecule has 2 aliphatic carbocycles. The maximum atomic E-state index is 13.1. The summed E-state index contributed by atoms with van der Waals surface area (Å²) in [7, 11) is -3.85. The molecule has 1 aromatic carbocycles. The Labute approximate surface area is 157 Å². The number of rotatable bonds is 2. The second kappa shape index (κ2) is 4.72. The fourth-order valence-electron chi connectivity index (χ4n) is 5.47. The topological polar surface area (TPSA) is 84.0 Å². The van der Waals surface area contributed by atoms with Crippen LogP contribution in [0.1, 0.15) is 46.4 Å². The van der Waals surface area contributed by atoms with Crippen LogP contribution in [-0.4, -0.2) is 61.8 Å². The molecule has 2 saturated heterocycles. The van der Waals surface area contributed by atoms with E-state index in [1.807, 2.05) is 4.90 Å². The van der Waals surface area contributed by atoms with Crippen molar-refractivity contribution in [3.05, 3.63) is 29.3 Å². The van der Waals surface area contributed by atoms with Gasteiger partial charge in [0.1, 0.15) is 4.90 Å². The molecule has 0 radical (unpaired) electrons. The molecule has 0 spiro atoms. The molecule has 2 unspecified atom stereocenters. The van der Waals surface area contributed by atoms with E-state index in [-0.39, 0.29) is 33.2 Å². The minimum atomic E-state index is -3.85. The lowest BCUT2D eigenvalue weighted by Crippen LogP contribution is -2.49. The molecular weight excluding hydrogens is 368 g/mol. The van der Waals surface area contributed by atoms with E-state index >= 15 is 0 Å². The van der Waals surface area contributed by atoms with Gasteiger partial charge in [-0.05, 0) is 43.9 Å². The van der Waals surface area contributed by atoms with Crippen molar-refractivity contribution in [2.45, 2.75) is 36.6 Å². The molecule has 0 aromatic heterocycles. The fourth-order valence-corrected chi connectivity index (χ4v) is 7.31. The van der Waals surface area contributed by atoms with Gasteiger partial charge >= 0.3 is 0 Å². The first-order valence-corrected chi connectivity index (χ1v) is 10.9. The van der Waals surface area contributed by atoms with E-state index in [0.717, 1.165) is 17.1 Å². The van der Waals surface area contributed by atoms with Crippen LogP contribution in [0, 0.1) is 10.8 Å². The van der Waals surface area contributed by atoms with Crippen LogP contribution in [0.5, 0.6) is 0 Å². The Hall–Kier alpha value is -1.93. The van der Waals surface area contributed by atoms with Crippen molar-refractivity contribution in [1.82, 2.24) is 9.21 Å². The molecule has 0 N–H and O–H groups in total. The molecule has 142 valence electrons. The largest absolute Gasteiger partial charge is 0.380 e. The van der Waals surface area contributed by atoms with Crippen LogP contribution in [0.3, 0.4) is 0 Å². The Morgan fingerprint density at radius 3 is 2.37 bits per heavy atom. The molecule has 3 heterocycles. The minimum absolute atomic E-state index is 0.0210. The van der Waals surface area contributed by atoms with Crippen molar-refractivity contribution in [2.75, 3.05) is 26.3 Å². The van der Waals surface area contributed by atoms with Gasteiger partial charge in [-0.2, -0.15) is 0 Å². The lowest BCUT2D eigenvalue weighted by molar-refractivity contribution is 0.0255. The summed E-state index contributed by atoms with van der Waals surface area (Å²) in [4.78, 5) is 27.4. The molecule has 2 atom stereocenters. The maximum absolute atomic E-state index is 13.1. The summed E-state index contributed by atoms with van der Waals surface area (Å²) < 4.78 is 32.3. The van der Waals surface area contributed by atoms with Crippen LogP contribution in [0.15, 0.2) is 23.1 Å². The van der Waals surface area contributed by atoms with Gasteiger partial charge in [-0.3, -0.25) is 9.59 Å². The Balaban J connectivity index is 1.34. The van der Waals surface area contributed by atoms with Gasteiger partial charge in [-0.1, -0.05) is 0 Å². The number of hydrogen-bond donors (Lipinski definition) is 0. The number of carbonyl (C=O) groups excluding carboxylic acids is 2. The van der Waals surface area contributed by atoms with Crippen molar-refractivity contribution in [1.29, 1.82) is 0 Å². The predicted molar refractivity (Wildman–Crippen MR) is 93.6 cm³/mol. The second-order valence-corrected chi connectivity index (χ2v) is 10.5. The van der Waals surface area contributed by atoms with Crippen molar-refractivity contribution in [3.63, 3.8) is 0 Å². The van der Waals surface area contributed by atoms with Gasteiger partial charge in [0, 0.05) is 35.5 Å². The number of ether oxygens (including phenoxy) is 1. The minimum Gasteiger partial charge on any atom is -0.380 e. The summed E-state index contributed by atoms with van der Waals surface area (Å²) in [5, 5.41) is 0. The van der Waals surface area contributed by atoms with Gasteiger partial charge in [0.15, 0.2) is 0 Å². The van der Waals surface area contributed by atoms with Crippen LogP contribution >= 0.6 is 0 Å². The Morgan fingerprint density at radius 1 is 1.11 bits per heavy atom. The standard InChI is InChI=1S/C19H20N2O5S/c22-16(20-8-18-5-6-19(18,9-20)11-26-10-18)12-1-4-14-15(7-12)27(24,25)21(17(14)23)13-2-3-13/h1,4,7,13H,2-3,5-6,8-11H2. The normalized spacial score (nSPS) is 35.6. The molecule has 7 nitrogen and oxygen atoms in total. The van der Waals surface area contributed by atoms with Crippen molar-refractivity contribution >= 4 is 21.8 Å². The van der Waals surface area contributed by atoms with Crippen LogP contribution in [-0.2, 0) is 14.8 Å². The van der Waals surface area contributed by atoms with E-state index in [0.29, 0.717) is 44.7 Å². The number of amides is 2. The highest BCUT2D eigenvalue weighted by Gasteiger charge is 2.68. The molecule has 5 aliphatic rings. The average Bonchev–Trinajstić information content (AvgIpc) is 3.33. The molecule has 0 bridgehead atoms. The average molecular weight is 388 g/mol. The number of fused-ring (bicyclic) bond motifs is 1. The van der Waals surface area contributed by atoms with Gasteiger partial charge in [0.05, 0.1) is 18.8 Å². The SMILES string of the molecule is O=C(c1ccc2c(c1)S(=O)(=O)N(C1CC1)C2=O)N1CC23CCC2(COC3)C1. The number of sulfonamides is 1. The zero-order chi connectivity index (χ0) is 18.6. The number of carbonyl (C=O) groups is 2. The lowest BCUT2D eigenvalue weighted by Gasteiger charge is -2.47. The summed E-state index contributed by atoms with van der Waals surface area (Å²) in [6.07, 6.45) is 3.59. The number of nitrogens with zero attached hydrogens (tertiary/aromatic N) is 2. The molecule has 3 aliphatic heterocycles. The summed E-state index contributed by atoms with van der Waals surface area (Å²) in [6.45, 7) is 2.76. The van der Waals surface area contributed by atoms with Crippen molar-refractivity contribution in [3.8, 4) is 0 Å². The van der Waals surface area contributed by atoms with E-state index in [1.165, 1.54) is 12.1 Å². The zero-order valence-corrected chi connectivity index (χ0v) is 15.6. The van der Waals surface area contributed by atoms with Crippen LogP contribution in [0.25, 0.3) is 0 Å². The van der Waals surface area contributed by atoms with E-state index < -0.39 is 15.9 Å². The summed E-state index contributed by atoms with van der Waals surface area (Å²) in [5.41, 5.74) is 0.701. The Kier molecular flexibility index (Phi) is 2.81. The molecule has 2 saturated carbocycles. The summed E-state index contributed by atoms with van der Waals surface area (Å²) in [5.74, 6) is -0.615. The first-order chi connectivity index (χ1) is 12.9. The molecule has 2 amide bonds. The lowest BCUT2D eigenvalue weighted by atomic mass is 9.53. The highest BCUT2D eigenvalue weighted by Crippen LogP contribution is 2.64. The van der Waals surface area contributed by atoms with E-state index in [1.54, 1.807) is 6.07 Å². The van der Waals surface area contributed by atoms with E-state index in [9.17, 15) is 18.0 Å². The molecule has 27 heavy (non-hydrogen) atoms. The fraction of sp³-hybridized carbons (Fsp3) is 0.579. The zero-order valence-electron chi connectivity index (χ0n) is 14.8. The highest BCUT2D eigenvalue weighted by atomic mass is 32.2. The van der Waals surface area contributed by atoms with Crippen molar-refractivity contribution in [2.24, 2.45) is 10.8 Å². The molecule has 1 aromatic rings. The van der Waals surface area contributed by atoms with Gasteiger partial charge in [0.2, 0.25) is 0 Å². The molecule has 8 heteroatoms. The summed E-state index contributed by atoms with van der Waals surface area (Å²) >= 11 is 0. The van der Waals surface area contributed by atoms with Gasteiger partial charge in [-0.25, -0.2) is 12.7 Å². The van der Waals surface area contributed by atoms with Gasteiger partial charge in [0.25, 0.3) is 21.8 Å². The highest BCUT2D eigenvalue weighted by molar-refractivity contribution is 7.90. The van der Waals surface area contributed by atoms with Crippen molar-refractivity contribution < 1.29 is 22.7 Å². The smallest absolute Gasteiger partial charge is 0.269 e. The van der Waals surface area contributed by atoms with Crippen LogP contribution in [0.4, 0.5) is 0 Å². The molecule has 6 rings (SSSR count). The Bertz CT molecular complexity index is 997. The maximum Gasteiger partial charge on any atom is 0.269 e. The van der Waals surface area contributed by atoms with E-state index in [4.69, 9.17) is 4.74 Å². The Morgan fingerprint density at radius 2 is 1.78 bits per heavy atom. The first kappa shape index (κ1) is 16.1. The van der Waals surface area contributed by atoms with Gasteiger partial charge in [-0.15, -0.1) is 0 Å².